The number of carbonyl (C=O) groups excluding carboxylic acids is 4. The van der Waals surface area contributed by atoms with Crippen LogP contribution < -0.4 is 20.9 Å². The number of esters is 1. The molecule has 3 amide bonds. The molecule has 0 bridgehead atoms. The minimum Gasteiger partial charge on any atom is -0.489 e. The molecule has 1 saturated heterocycles. The molecule has 5 rings (SSSR count). The van der Waals surface area contributed by atoms with E-state index < -0.39 is 35.5 Å². The number of benzene rings is 2. The van der Waals surface area contributed by atoms with Gasteiger partial charge in [0.25, 0.3) is 11.8 Å². The number of nitrogens with one attached hydrogen (secondary N) is 4. The minimum absolute atomic E-state index is 0.0780. The van der Waals surface area contributed by atoms with Crippen molar-refractivity contribution in [3.8, 4) is 16.3 Å². The zero-order chi connectivity index (χ0) is 38.0. The van der Waals surface area contributed by atoms with E-state index in [1.165, 1.54) is 11.3 Å². The molecule has 0 saturated carbocycles. The summed E-state index contributed by atoms with van der Waals surface area (Å²) in [6, 6.07) is 15.4. The Morgan fingerprint density at radius 2 is 1.74 bits per heavy atom. The summed E-state index contributed by atoms with van der Waals surface area (Å²) < 4.78 is 16.9. The van der Waals surface area contributed by atoms with Crippen molar-refractivity contribution in [1.82, 2.24) is 36.2 Å². The Balaban J connectivity index is 1.08. The monoisotopic (exact) mass is 745 g/mol. The smallest absolute Gasteiger partial charge is 0.409 e. The molecule has 1 aliphatic heterocycles. The molecule has 4 aromatic rings. The fourth-order valence-electron chi connectivity index (χ4n) is 5.72. The average Bonchev–Trinajstić information content (AvgIpc) is 3.85. The van der Waals surface area contributed by atoms with Gasteiger partial charge in [-0.25, -0.2) is 14.6 Å². The van der Waals surface area contributed by atoms with Crippen molar-refractivity contribution in [2.24, 2.45) is 5.92 Å². The summed E-state index contributed by atoms with van der Waals surface area (Å²) in [7, 11) is 0. The SMILES string of the molecule is CC(C)C[C@H](NC(=O)OCN1CCC(c2ccn[nH]2)CC1)C(=O)NNC(=O)c1csc(-c2ccc(OCc3ccccc3C(=O)OC(C)(C)C)cc2)n1. The van der Waals surface area contributed by atoms with Crippen molar-refractivity contribution >= 4 is 35.2 Å². The lowest BCUT2D eigenvalue weighted by Crippen LogP contribution is -2.53. The Morgan fingerprint density at radius 3 is 2.42 bits per heavy atom. The first-order valence-corrected chi connectivity index (χ1v) is 18.5. The average molecular weight is 746 g/mol. The van der Waals surface area contributed by atoms with E-state index in [1.54, 1.807) is 35.8 Å². The van der Waals surface area contributed by atoms with Gasteiger partial charge in [0.1, 0.15) is 41.4 Å². The van der Waals surface area contributed by atoms with E-state index in [9.17, 15) is 19.2 Å². The molecule has 3 heterocycles. The van der Waals surface area contributed by atoms with Gasteiger partial charge in [-0.15, -0.1) is 11.3 Å². The highest BCUT2D eigenvalue weighted by molar-refractivity contribution is 7.13. The van der Waals surface area contributed by atoms with Crippen LogP contribution in [0.15, 0.2) is 66.2 Å². The predicted octanol–water partition coefficient (Wildman–Crippen LogP) is 5.81. The number of aromatic amines is 1. The van der Waals surface area contributed by atoms with Crippen LogP contribution in [0, 0.1) is 5.92 Å². The number of hydrogen-bond donors (Lipinski definition) is 4. The van der Waals surface area contributed by atoms with Crippen molar-refractivity contribution in [1.29, 1.82) is 0 Å². The van der Waals surface area contributed by atoms with Crippen molar-refractivity contribution < 1.29 is 33.4 Å². The first-order valence-electron chi connectivity index (χ1n) is 17.6. The molecular formula is C38H47N7O7S. The number of thiazole rings is 1. The summed E-state index contributed by atoms with van der Waals surface area (Å²) in [5.41, 5.74) is 7.35. The molecule has 53 heavy (non-hydrogen) atoms. The molecule has 2 aromatic heterocycles. The number of carbonyl (C=O) groups is 4. The standard InChI is InChI=1S/C38H47N7O7S/c1-24(2)20-31(41-37(49)51-23-45-18-15-25(16-19-45)30-14-17-39-42-30)33(46)43-44-34(47)32-22-53-35(40-32)26-10-12-28(13-11-26)50-21-27-8-6-7-9-29(27)36(48)52-38(3,4)5/h6-14,17,22,24-25,31H,15-16,18-21,23H2,1-5H3,(H,39,42)(H,41,49)(H,43,46)(H,44,47)/t31-/m0/s1. The third-order valence-electron chi connectivity index (χ3n) is 8.41. The van der Waals surface area contributed by atoms with Crippen LogP contribution in [0.1, 0.15) is 91.9 Å². The Labute approximate surface area is 313 Å². The summed E-state index contributed by atoms with van der Waals surface area (Å²) in [6.07, 6.45) is 3.21. The number of alkyl carbamates (subject to hydrolysis) is 1. The van der Waals surface area contributed by atoms with E-state index in [-0.39, 0.29) is 24.9 Å². The van der Waals surface area contributed by atoms with Crippen molar-refractivity contribution in [2.75, 3.05) is 19.8 Å². The summed E-state index contributed by atoms with van der Waals surface area (Å²) in [4.78, 5) is 57.8. The molecule has 15 heteroatoms. The second-order valence-electron chi connectivity index (χ2n) is 14.2. The van der Waals surface area contributed by atoms with Gasteiger partial charge in [-0.2, -0.15) is 5.10 Å². The Morgan fingerprint density at radius 1 is 1.00 bits per heavy atom. The molecular weight excluding hydrogens is 699 g/mol. The number of H-pyrrole nitrogens is 1. The van der Waals surface area contributed by atoms with E-state index in [2.05, 4.69) is 31.3 Å². The van der Waals surface area contributed by atoms with E-state index >= 15 is 0 Å². The van der Waals surface area contributed by atoms with Gasteiger partial charge in [-0.05, 0) is 82.3 Å². The lowest BCUT2D eigenvalue weighted by atomic mass is 9.94. The third-order valence-corrected chi connectivity index (χ3v) is 9.30. The zero-order valence-corrected chi connectivity index (χ0v) is 31.5. The van der Waals surface area contributed by atoms with Crippen LogP contribution in [-0.4, -0.2) is 75.4 Å². The number of likely N-dealkylation sites (tertiary alicyclic amines) is 1. The van der Waals surface area contributed by atoms with Crippen molar-refractivity contribution in [2.45, 2.75) is 78.0 Å². The number of hydrazine groups is 1. The van der Waals surface area contributed by atoms with Crippen LogP contribution >= 0.6 is 11.3 Å². The first kappa shape index (κ1) is 38.9. The van der Waals surface area contributed by atoms with Gasteiger partial charge < -0.3 is 19.5 Å². The van der Waals surface area contributed by atoms with Crippen LogP contribution in [0.4, 0.5) is 4.79 Å². The van der Waals surface area contributed by atoms with Crippen LogP contribution in [0.3, 0.4) is 0 Å². The van der Waals surface area contributed by atoms with Gasteiger partial charge in [0.05, 0.1) is 5.56 Å². The number of piperidine rings is 1. The second-order valence-corrected chi connectivity index (χ2v) is 15.1. The zero-order valence-electron chi connectivity index (χ0n) is 30.6. The maximum absolute atomic E-state index is 13.0. The highest BCUT2D eigenvalue weighted by atomic mass is 32.1. The van der Waals surface area contributed by atoms with Gasteiger partial charge >= 0.3 is 12.1 Å². The molecule has 4 N–H and O–H groups in total. The number of ether oxygens (including phenoxy) is 3. The van der Waals surface area contributed by atoms with E-state index in [0.717, 1.165) is 37.2 Å². The van der Waals surface area contributed by atoms with Crippen molar-refractivity contribution in [3.63, 3.8) is 0 Å². The molecule has 282 valence electrons. The normalized spacial score (nSPS) is 14.3. The maximum atomic E-state index is 13.0. The van der Waals surface area contributed by atoms with Gasteiger partial charge in [-0.3, -0.25) is 30.4 Å². The van der Waals surface area contributed by atoms with E-state index in [1.807, 2.05) is 69.9 Å². The summed E-state index contributed by atoms with van der Waals surface area (Å²) >= 11 is 1.27. The largest absolute Gasteiger partial charge is 0.489 e. The van der Waals surface area contributed by atoms with Gasteiger partial charge in [0, 0.05) is 47.4 Å². The Hall–Kier alpha value is -5.28. The van der Waals surface area contributed by atoms with Crippen LogP contribution in [-0.2, 0) is 20.9 Å². The highest BCUT2D eigenvalue weighted by Gasteiger charge is 2.26. The molecule has 0 spiro atoms. The molecule has 0 aliphatic carbocycles. The summed E-state index contributed by atoms with van der Waals surface area (Å²) in [5, 5.41) is 11.9. The second kappa shape index (κ2) is 18.0. The third kappa shape index (κ3) is 11.6. The molecule has 0 radical (unpaired) electrons. The van der Waals surface area contributed by atoms with E-state index in [4.69, 9.17) is 14.2 Å². The Kier molecular flexibility index (Phi) is 13.2. The molecule has 2 aromatic carbocycles. The Bertz CT molecular complexity index is 1830. The number of nitrogens with zero attached hydrogens (tertiary/aromatic N) is 3. The van der Waals surface area contributed by atoms with Gasteiger partial charge in [0.2, 0.25) is 0 Å². The number of rotatable bonds is 13. The number of amides is 3. The highest BCUT2D eigenvalue weighted by Crippen LogP contribution is 2.28. The quantitative estimate of drug-likeness (QED) is 0.0966. The number of aromatic nitrogens is 3. The van der Waals surface area contributed by atoms with Crippen LogP contribution in [0.25, 0.3) is 10.6 Å². The first-order chi connectivity index (χ1) is 25.3. The molecule has 0 unspecified atom stereocenters. The van der Waals surface area contributed by atoms with Gasteiger partial charge in [-0.1, -0.05) is 32.0 Å². The molecule has 1 fully saturated rings. The predicted molar refractivity (Wildman–Crippen MR) is 199 cm³/mol. The topological polar surface area (TPSA) is 177 Å². The van der Waals surface area contributed by atoms with Gasteiger partial charge in [0.15, 0.2) is 0 Å². The van der Waals surface area contributed by atoms with Crippen molar-refractivity contribution in [3.05, 3.63) is 88.7 Å². The minimum atomic E-state index is -0.925. The molecule has 14 nitrogen and oxygen atoms in total. The number of hydrogen-bond acceptors (Lipinski definition) is 11. The maximum Gasteiger partial charge on any atom is 0.409 e. The van der Waals surface area contributed by atoms with Crippen LogP contribution in [0.5, 0.6) is 5.75 Å². The molecule has 1 atom stereocenters. The van der Waals surface area contributed by atoms with Crippen LogP contribution in [0.2, 0.25) is 0 Å². The lowest BCUT2D eigenvalue weighted by Gasteiger charge is -2.31. The lowest BCUT2D eigenvalue weighted by molar-refractivity contribution is -0.124. The van der Waals surface area contributed by atoms with E-state index in [0.29, 0.717) is 34.2 Å². The summed E-state index contributed by atoms with van der Waals surface area (Å²) in [5.74, 6) is -0.530. The molecule has 1 aliphatic rings. The fourth-order valence-corrected chi connectivity index (χ4v) is 6.52. The fraction of sp³-hybridized carbons (Fsp3) is 0.421. The summed E-state index contributed by atoms with van der Waals surface area (Å²) in [6.45, 7) is 11.1.